The molecule has 180 valence electrons. The third-order valence-electron chi connectivity index (χ3n) is 5.93. The second kappa shape index (κ2) is 10.5. The molecule has 0 bridgehead atoms. The van der Waals surface area contributed by atoms with Crippen molar-refractivity contribution in [3.05, 3.63) is 58.7 Å². The van der Waals surface area contributed by atoms with Gasteiger partial charge in [-0.1, -0.05) is 17.7 Å². The molecule has 0 spiro atoms. The van der Waals surface area contributed by atoms with Crippen molar-refractivity contribution in [2.45, 2.75) is 12.8 Å². The highest BCUT2D eigenvalue weighted by Gasteiger charge is 2.23. The van der Waals surface area contributed by atoms with Crippen LogP contribution in [0.5, 0.6) is 5.75 Å². The Morgan fingerprint density at radius 2 is 2.00 bits per heavy atom. The van der Waals surface area contributed by atoms with Crippen molar-refractivity contribution in [3.8, 4) is 17.5 Å². The minimum Gasteiger partial charge on any atom is -0.489 e. The van der Waals surface area contributed by atoms with Gasteiger partial charge in [-0.15, -0.1) is 11.6 Å². The summed E-state index contributed by atoms with van der Waals surface area (Å²) < 4.78 is 32.8. The minimum absolute atomic E-state index is 0.272. The molecule has 1 aliphatic heterocycles. The number of sulfonamides is 1. The Bertz CT molecular complexity index is 1330. The van der Waals surface area contributed by atoms with E-state index >= 15 is 0 Å². The zero-order chi connectivity index (χ0) is 24.3. The molecule has 2 heterocycles. The predicted octanol–water partition coefficient (Wildman–Crippen LogP) is 4.24. The van der Waals surface area contributed by atoms with Crippen LogP contribution in [0.1, 0.15) is 17.5 Å². The molecule has 4 rings (SSSR count). The van der Waals surface area contributed by atoms with Crippen LogP contribution in [-0.2, 0) is 16.4 Å². The summed E-state index contributed by atoms with van der Waals surface area (Å²) in [6, 6.07) is 14.0. The van der Waals surface area contributed by atoms with Crippen LogP contribution in [0, 0.1) is 11.3 Å². The molecule has 10 heteroatoms. The predicted molar refractivity (Wildman–Crippen MR) is 136 cm³/mol. The fourth-order valence-electron chi connectivity index (χ4n) is 4.24. The number of hydrogen-bond donors (Lipinski definition) is 0. The number of hydrogen-bond acceptors (Lipinski definition) is 5. The second-order valence-electron chi connectivity index (χ2n) is 8.33. The van der Waals surface area contributed by atoms with Crippen molar-refractivity contribution < 1.29 is 13.2 Å². The van der Waals surface area contributed by atoms with Crippen molar-refractivity contribution in [2.24, 2.45) is 0 Å². The van der Waals surface area contributed by atoms with Gasteiger partial charge in [-0.25, -0.2) is 8.42 Å². The Balaban J connectivity index is 1.52. The molecule has 0 N–H and O–H groups in total. The molecule has 1 aromatic heterocycles. The van der Waals surface area contributed by atoms with Crippen molar-refractivity contribution in [2.75, 3.05) is 45.0 Å². The molecule has 0 aliphatic carbocycles. The van der Waals surface area contributed by atoms with E-state index in [4.69, 9.17) is 27.9 Å². The summed E-state index contributed by atoms with van der Waals surface area (Å²) in [6.07, 6.45) is 4.89. The van der Waals surface area contributed by atoms with E-state index in [0.29, 0.717) is 35.4 Å². The van der Waals surface area contributed by atoms with Gasteiger partial charge in [0.1, 0.15) is 12.7 Å². The summed E-state index contributed by atoms with van der Waals surface area (Å²) in [7, 11) is -3.16. The average Bonchev–Trinajstić information content (AvgIpc) is 3.24. The molecular weight excluding hydrogens is 495 g/mol. The first kappa shape index (κ1) is 24.8. The molecule has 1 aliphatic rings. The van der Waals surface area contributed by atoms with Crippen LogP contribution in [0.15, 0.2) is 42.6 Å². The first-order chi connectivity index (χ1) is 16.3. The average molecular weight is 521 g/mol. The Hall–Kier alpha value is -2.28. The number of halogens is 2. The molecule has 34 heavy (non-hydrogen) atoms. The lowest BCUT2D eigenvalue weighted by atomic mass is 10.1. The summed E-state index contributed by atoms with van der Waals surface area (Å²) >= 11 is 12.1. The zero-order valence-corrected chi connectivity index (χ0v) is 21.2. The van der Waals surface area contributed by atoms with Crippen LogP contribution >= 0.6 is 23.2 Å². The van der Waals surface area contributed by atoms with E-state index in [2.05, 4.69) is 29.2 Å². The van der Waals surface area contributed by atoms with Crippen LogP contribution in [0.2, 0.25) is 5.02 Å². The maximum atomic E-state index is 11.9. The Kier molecular flexibility index (Phi) is 7.70. The maximum Gasteiger partial charge on any atom is 0.212 e. The topological polar surface area (TPSA) is 78.6 Å². The zero-order valence-electron chi connectivity index (χ0n) is 18.9. The Morgan fingerprint density at radius 3 is 2.74 bits per heavy atom. The van der Waals surface area contributed by atoms with Crippen LogP contribution < -0.4 is 4.74 Å². The molecule has 3 aromatic rings. The summed E-state index contributed by atoms with van der Waals surface area (Å²) in [5.41, 5.74) is 3.31. The minimum atomic E-state index is -3.16. The van der Waals surface area contributed by atoms with Gasteiger partial charge in [0.25, 0.3) is 0 Å². The van der Waals surface area contributed by atoms with Gasteiger partial charge in [0.2, 0.25) is 10.0 Å². The quantitative estimate of drug-likeness (QED) is 0.415. The number of alkyl halides is 1. The Labute approximate surface area is 210 Å². The summed E-state index contributed by atoms with van der Waals surface area (Å²) in [6.45, 7) is 3.00. The van der Waals surface area contributed by atoms with Gasteiger partial charge in [-0.2, -0.15) is 9.57 Å². The standard InChI is InChI=1S/C24H26Cl2N4O3S/c1-34(31,32)29-9-2-8-28(17-29)10-5-18-3-4-23-19(13-18)6-11-30(23)21-14-20(16-27)24(22(26)15-21)33-12-7-25/h3-4,6,11,13-15H,2,5,7-10,12,17H2,1H3. The summed E-state index contributed by atoms with van der Waals surface area (Å²) in [5.74, 6) is 0.654. The number of aromatic nitrogens is 1. The molecule has 0 radical (unpaired) electrons. The van der Waals surface area contributed by atoms with E-state index < -0.39 is 10.0 Å². The molecule has 1 fully saturated rings. The molecule has 0 saturated carbocycles. The first-order valence-electron chi connectivity index (χ1n) is 11.0. The monoisotopic (exact) mass is 520 g/mol. The smallest absolute Gasteiger partial charge is 0.212 e. The number of ether oxygens (including phenoxy) is 1. The molecule has 1 saturated heterocycles. The Morgan fingerprint density at radius 1 is 1.18 bits per heavy atom. The molecule has 0 atom stereocenters. The van der Waals surface area contributed by atoms with Crippen LogP contribution in [0.3, 0.4) is 0 Å². The lowest BCUT2D eigenvalue weighted by Gasteiger charge is -2.34. The highest BCUT2D eigenvalue weighted by atomic mass is 35.5. The van der Waals surface area contributed by atoms with Crippen molar-refractivity contribution in [1.82, 2.24) is 13.8 Å². The van der Waals surface area contributed by atoms with Gasteiger partial charge in [0, 0.05) is 36.9 Å². The maximum absolute atomic E-state index is 11.9. The summed E-state index contributed by atoms with van der Waals surface area (Å²) in [4.78, 5) is 2.18. The first-order valence-corrected chi connectivity index (χ1v) is 13.8. The largest absolute Gasteiger partial charge is 0.489 e. The molecule has 7 nitrogen and oxygen atoms in total. The number of fused-ring (bicyclic) bond motifs is 1. The van der Waals surface area contributed by atoms with Gasteiger partial charge < -0.3 is 9.30 Å². The molecule has 0 unspecified atom stereocenters. The SMILES string of the molecule is CS(=O)(=O)N1CCCN(CCc2ccc3c(ccn3-c3cc(Cl)c(OCCCl)c(C#N)c3)c2)C1. The van der Waals surface area contributed by atoms with E-state index in [1.54, 1.807) is 12.1 Å². The van der Waals surface area contributed by atoms with Gasteiger partial charge in [-0.3, -0.25) is 4.90 Å². The third-order valence-corrected chi connectivity index (χ3v) is 7.60. The van der Waals surface area contributed by atoms with Gasteiger partial charge in [-0.05, 0) is 48.7 Å². The normalized spacial score (nSPS) is 15.5. The fraction of sp³-hybridized carbons (Fsp3) is 0.375. The third kappa shape index (κ3) is 5.51. The number of nitrogens with zero attached hydrogens (tertiary/aromatic N) is 4. The van der Waals surface area contributed by atoms with Gasteiger partial charge in [0.05, 0.1) is 34.9 Å². The lowest BCUT2D eigenvalue weighted by Crippen LogP contribution is -2.47. The van der Waals surface area contributed by atoms with E-state index in [1.807, 2.05) is 16.8 Å². The van der Waals surface area contributed by atoms with Crippen molar-refractivity contribution in [1.29, 1.82) is 5.26 Å². The second-order valence-corrected chi connectivity index (χ2v) is 11.1. The molecule has 2 aromatic carbocycles. The van der Waals surface area contributed by atoms with E-state index in [0.717, 1.165) is 42.5 Å². The van der Waals surface area contributed by atoms with Crippen molar-refractivity contribution >= 4 is 44.1 Å². The van der Waals surface area contributed by atoms with E-state index in [-0.39, 0.29) is 6.61 Å². The highest BCUT2D eigenvalue weighted by Crippen LogP contribution is 2.33. The lowest BCUT2D eigenvalue weighted by molar-refractivity contribution is 0.149. The fourth-order valence-corrected chi connectivity index (χ4v) is 5.42. The molecule has 0 amide bonds. The number of rotatable bonds is 8. The van der Waals surface area contributed by atoms with E-state index in [1.165, 1.54) is 16.1 Å². The van der Waals surface area contributed by atoms with Gasteiger partial charge in [0.15, 0.2) is 5.75 Å². The van der Waals surface area contributed by atoms with Crippen LogP contribution in [-0.4, -0.2) is 67.2 Å². The molecular formula is C24H26Cl2N4O3S. The number of benzene rings is 2. The highest BCUT2D eigenvalue weighted by molar-refractivity contribution is 7.88. The van der Waals surface area contributed by atoms with Crippen molar-refractivity contribution in [3.63, 3.8) is 0 Å². The van der Waals surface area contributed by atoms with Crippen LogP contribution in [0.25, 0.3) is 16.6 Å². The van der Waals surface area contributed by atoms with E-state index in [9.17, 15) is 13.7 Å². The number of nitriles is 1. The van der Waals surface area contributed by atoms with Gasteiger partial charge >= 0.3 is 0 Å². The summed E-state index contributed by atoms with van der Waals surface area (Å²) in [5, 5.41) is 11.0. The van der Waals surface area contributed by atoms with Crippen LogP contribution in [0.4, 0.5) is 0 Å².